The number of methoxy groups -OCH3 is 1. The van der Waals surface area contributed by atoms with Crippen molar-refractivity contribution in [3.8, 4) is 22.5 Å². The molecule has 0 atom stereocenters. The minimum Gasteiger partial charge on any atom is -0.465 e. The van der Waals surface area contributed by atoms with Gasteiger partial charge >= 0.3 is 5.97 Å². The van der Waals surface area contributed by atoms with Crippen molar-refractivity contribution in [3.05, 3.63) is 84.4 Å². The topological polar surface area (TPSA) is 52.1 Å². The number of carbonyl (C=O) groups excluding carboxylic acids is 1. The average molecular weight is 340 g/mol. The third kappa shape index (κ3) is 2.82. The first kappa shape index (κ1) is 16.0. The summed E-state index contributed by atoms with van der Waals surface area (Å²) in [6.07, 6.45) is 0. The van der Waals surface area contributed by atoms with Crippen molar-refractivity contribution >= 4 is 17.0 Å². The molecule has 1 aromatic heterocycles. The van der Waals surface area contributed by atoms with Crippen LogP contribution in [-0.2, 0) is 4.74 Å². The molecule has 3 aromatic carbocycles. The molecule has 0 aliphatic carbocycles. The van der Waals surface area contributed by atoms with E-state index in [2.05, 4.69) is 0 Å². The van der Waals surface area contributed by atoms with Crippen LogP contribution in [0.1, 0.15) is 10.4 Å². The van der Waals surface area contributed by atoms with E-state index in [1.54, 1.807) is 6.07 Å². The number of aromatic nitrogens is 2. The van der Waals surface area contributed by atoms with E-state index in [1.165, 1.54) is 7.11 Å². The molecule has 1 heterocycles. The van der Waals surface area contributed by atoms with Gasteiger partial charge in [0.05, 0.1) is 35.1 Å². The highest BCUT2D eigenvalue weighted by Crippen LogP contribution is 2.33. The maximum Gasteiger partial charge on any atom is 0.338 e. The van der Waals surface area contributed by atoms with Crippen LogP contribution in [0.4, 0.5) is 0 Å². The Labute approximate surface area is 151 Å². The molecule has 0 saturated heterocycles. The maximum absolute atomic E-state index is 12.2. The van der Waals surface area contributed by atoms with Gasteiger partial charge in [0.2, 0.25) is 0 Å². The Bertz CT molecular complexity index is 1090. The Morgan fingerprint density at radius 1 is 0.731 bits per heavy atom. The summed E-state index contributed by atoms with van der Waals surface area (Å²) in [4.78, 5) is 21.9. The van der Waals surface area contributed by atoms with Gasteiger partial charge in [0, 0.05) is 11.1 Å². The van der Waals surface area contributed by atoms with Gasteiger partial charge in [0.1, 0.15) is 0 Å². The van der Waals surface area contributed by atoms with Gasteiger partial charge in [0.15, 0.2) is 0 Å². The van der Waals surface area contributed by atoms with Gasteiger partial charge in [-0.3, -0.25) is 0 Å². The standard InChI is InChI=1S/C22H16N2O2/c1-26-22(25)17-12-6-5-11-16(17)21-20(15-9-3-2-4-10-15)23-18-13-7-8-14-19(18)24-21/h2-14H,1H3. The van der Waals surface area contributed by atoms with E-state index < -0.39 is 5.97 Å². The smallest absolute Gasteiger partial charge is 0.338 e. The number of benzene rings is 3. The summed E-state index contributed by atoms with van der Waals surface area (Å²) in [5, 5.41) is 0. The molecule has 126 valence electrons. The number of ether oxygens (including phenoxy) is 1. The number of rotatable bonds is 3. The monoisotopic (exact) mass is 340 g/mol. The van der Waals surface area contributed by atoms with Crippen LogP contribution >= 0.6 is 0 Å². The highest BCUT2D eigenvalue weighted by atomic mass is 16.5. The number of fused-ring (bicyclic) bond motifs is 1. The normalized spacial score (nSPS) is 10.7. The van der Waals surface area contributed by atoms with E-state index >= 15 is 0 Å². The SMILES string of the molecule is COC(=O)c1ccccc1-c1nc2ccccc2nc1-c1ccccc1. The molecule has 4 rings (SSSR count). The summed E-state index contributed by atoms with van der Waals surface area (Å²) >= 11 is 0. The van der Waals surface area contributed by atoms with Crippen LogP contribution in [-0.4, -0.2) is 23.0 Å². The van der Waals surface area contributed by atoms with Crippen molar-refractivity contribution < 1.29 is 9.53 Å². The largest absolute Gasteiger partial charge is 0.465 e. The van der Waals surface area contributed by atoms with E-state index in [-0.39, 0.29) is 0 Å². The van der Waals surface area contributed by atoms with Gasteiger partial charge in [-0.2, -0.15) is 0 Å². The zero-order chi connectivity index (χ0) is 17.9. The molecule has 4 aromatic rings. The lowest BCUT2D eigenvalue weighted by Crippen LogP contribution is -2.05. The number of esters is 1. The quantitative estimate of drug-likeness (QED) is 0.505. The molecule has 0 spiro atoms. The molecular weight excluding hydrogens is 324 g/mol. The van der Waals surface area contributed by atoms with E-state index in [0.717, 1.165) is 22.3 Å². The van der Waals surface area contributed by atoms with Crippen molar-refractivity contribution in [2.45, 2.75) is 0 Å². The summed E-state index contributed by atoms with van der Waals surface area (Å²) < 4.78 is 4.94. The molecule has 4 nitrogen and oxygen atoms in total. The van der Waals surface area contributed by atoms with Crippen LogP contribution in [0.15, 0.2) is 78.9 Å². The third-order valence-corrected chi connectivity index (χ3v) is 4.21. The van der Waals surface area contributed by atoms with Crippen LogP contribution < -0.4 is 0 Å². The van der Waals surface area contributed by atoms with Crippen molar-refractivity contribution in [2.75, 3.05) is 7.11 Å². The van der Waals surface area contributed by atoms with Gasteiger partial charge in [0.25, 0.3) is 0 Å². The first-order chi connectivity index (χ1) is 12.8. The Morgan fingerprint density at radius 2 is 1.31 bits per heavy atom. The lowest BCUT2D eigenvalue weighted by atomic mass is 9.99. The van der Waals surface area contributed by atoms with Gasteiger partial charge in [-0.05, 0) is 18.2 Å². The molecule has 0 amide bonds. The fourth-order valence-electron chi connectivity index (χ4n) is 2.96. The number of nitrogens with zero attached hydrogens (tertiary/aromatic N) is 2. The van der Waals surface area contributed by atoms with Crippen LogP contribution in [0.25, 0.3) is 33.5 Å². The molecule has 0 unspecified atom stereocenters. The van der Waals surface area contributed by atoms with E-state index in [4.69, 9.17) is 14.7 Å². The molecular formula is C22H16N2O2. The van der Waals surface area contributed by atoms with Crippen molar-refractivity contribution in [1.82, 2.24) is 9.97 Å². The number of carbonyl (C=O) groups is 1. The van der Waals surface area contributed by atoms with Gasteiger partial charge in [-0.25, -0.2) is 14.8 Å². The first-order valence-corrected chi connectivity index (χ1v) is 8.28. The molecule has 0 aliphatic heterocycles. The Morgan fingerprint density at radius 3 is 2.00 bits per heavy atom. The van der Waals surface area contributed by atoms with E-state index in [9.17, 15) is 4.79 Å². The second-order valence-corrected chi connectivity index (χ2v) is 5.81. The minimum atomic E-state index is -0.394. The Balaban J connectivity index is 2.05. The fraction of sp³-hybridized carbons (Fsp3) is 0.0455. The number of para-hydroxylation sites is 2. The lowest BCUT2D eigenvalue weighted by molar-refractivity contribution is 0.0601. The summed E-state index contributed by atoms with van der Waals surface area (Å²) in [6, 6.07) is 24.9. The summed E-state index contributed by atoms with van der Waals surface area (Å²) in [5.74, 6) is -0.394. The van der Waals surface area contributed by atoms with Gasteiger partial charge in [-0.1, -0.05) is 60.7 Å². The molecule has 0 fully saturated rings. The van der Waals surface area contributed by atoms with E-state index in [1.807, 2.05) is 72.8 Å². The van der Waals surface area contributed by atoms with Crippen molar-refractivity contribution in [3.63, 3.8) is 0 Å². The van der Waals surface area contributed by atoms with Gasteiger partial charge < -0.3 is 4.74 Å². The van der Waals surface area contributed by atoms with Crippen LogP contribution in [0.2, 0.25) is 0 Å². The van der Waals surface area contributed by atoms with Crippen LogP contribution in [0.3, 0.4) is 0 Å². The van der Waals surface area contributed by atoms with Gasteiger partial charge in [-0.15, -0.1) is 0 Å². The zero-order valence-corrected chi connectivity index (χ0v) is 14.2. The predicted molar refractivity (Wildman–Crippen MR) is 102 cm³/mol. The average Bonchev–Trinajstić information content (AvgIpc) is 2.73. The highest BCUT2D eigenvalue weighted by molar-refractivity contribution is 5.99. The second-order valence-electron chi connectivity index (χ2n) is 5.81. The Hall–Kier alpha value is -3.53. The van der Waals surface area contributed by atoms with E-state index in [0.29, 0.717) is 16.8 Å². The molecule has 0 saturated carbocycles. The second kappa shape index (κ2) is 6.76. The Kier molecular flexibility index (Phi) is 4.15. The fourth-order valence-corrected chi connectivity index (χ4v) is 2.96. The molecule has 0 bridgehead atoms. The maximum atomic E-state index is 12.2. The summed E-state index contributed by atoms with van der Waals surface area (Å²) in [5.41, 5.74) is 5.11. The number of hydrogen-bond acceptors (Lipinski definition) is 4. The predicted octanol–water partition coefficient (Wildman–Crippen LogP) is 4.75. The summed E-state index contributed by atoms with van der Waals surface area (Å²) in [6.45, 7) is 0. The zero-order valence-electron chi connectivity index (χ0n) is 14.2. The lowest BCUT2D eigenvalue weighted by Gasteiger charge is -2.13. The molecule has 0 aliphatic rings. The van der Waals surface area contributed by atoms with Crippen molar-refractivity contribution in [1.29, 1.82) is 0 Å². The summed E-state index contributed by atoms with van der Waals surface area (Å²) in [7, 11) is 1.38. The molecule has 26 heavy (non-hydrogen) atoms. The molecule has 0 N–H and O–H groups in total. The van der Waals surface area contributed by atoms with Crippen LogP contribution in [0.5, 0.6) is 0 Å². The van der Waals surface area contributed by atoms with Crippen LogP contribution in [0, 0.1) is 0 Å². The van der Waals surface area contributed by atoms with Crippen molar-refractivity contribution in [2.24, 2.45) is 0 Å². The first-order valence-electron chi connectivity index (χ1n) is 8.28. The highest BCUT2D eigenvalue weighted by Gasteiger charge is 2.19. The molecule has 0 radical (unpaired) electrons. The third-order valence-electron chi connectivity index (χ3n) is 4.21. The molecule has 4 heteroatoms. The minimum absolute atomic E-state index is 0.394. The number of hydrogen-bond donors (Lipinski definition) is 0.